The number of halogens is 1. The van der Waals surface area contributed by atoms with Crippen molar-refractivity contribution < 1.29 is 9.18 Å². The fourth-order valence-corrected chi connectivity index (χ4v) is 2.76. The van der Waals surface area contributed by atoms with Gasteiger partial charge in [-0.2, -0.15) is 0 Å². The maximum Gasteiger partial charge on any atom is 0.315 e. The molecule has 0 radical (unpaired) electrons. The summed E-state index contributed by atoms with van der Waals surface area (Å²) < 4.78 is 13.0. The highest BCUT2D eigenvalue weighted by Crippen LogP contribution is 2.25. The van der Waals surface area contributed by atoms with E-state index in [2.05, 4.69) is 10.6 Å². The topological polar surface area (TPSA) is 41.1 Å². The van der Waals surface area contributed by atoms with Gasteiger partial charge in [0.1, 0.15) is 5.82 Å². The van der Waals surface area contributed by atoms with E-state index in [4.69, 9.17) is 0 Å². The molecule has 0 atom stereocenters. The van der Waals surface area contributed by atoms with Crippen LogP contribution >= 0.6 is 0 Å². The Morgan fingerprint density at radius 3 is 2.75 bits per heavy atom. The van der Waals surface area contributed by atoms with Crippen LogP contribution in [0.5, 0.6) is 0 Å². The van der Waals surface area contributed by atoms with Gasteiger partial charge in [0.15, 0.2) is 0 Å². The van der Waals surface area contributed by atoms with Crippen LogP contribution in [-0.4, -0.2) is 12.6 Å². The summed E-state index contributed by atoms with van der Waals surface area (Å²) in [6.07, 6.45) is 7.68. The zero-order valence-electron chi connectivity index (χ0n) is 11.8. The zero-order valence-corrected chi connectivity index (χ0v) is 11.8. The number of nitrogens with one attached hydrogen (secondary N) is 2. The highest BCUT2D eigenvalue weighted by Gasteiger charge is 2.13. The minimum absolute atomic E-state index is 0.176. The van der Waals surface area contributed by atoms with Crippen LogP contribution in [0.15, 0.2) is 24.3 Å². The number of rotatable bonds is 5. The standard InChI is InChI=1S/C16H23FN2O/c17-15-8-4-7-14(11-15)12-19-16(20)18-10-9-13-5-2-1-3-6-13/h4,7-8,11,13H,1-3,5-6,9-10,12H2,(H2,18,19,20). The molecule has 0 heterocycles. The average Bonchev–Trinajstić information content (AvgIpc) is 2.46. The quantitative estimate of drug-likeness (QED) is 0.849. The normalized spacial score (nSPS) is 15.8. The molecular formula is C16H23FN2O. The maximum atomic E-state index is 13.0. The first kappa shape index (κ1) is 14.8. The highest BCUT2D eigenvalue weighted by atomic mass is 19.1. The van der Waals surface area contributed by atoms with E-state index in [1.165, 1.54) is 44.2 Å². The van der Waals surface area contributed by atoms with Crippen molar-refractivity contribution in [3.05, 3.63) is 35.6 Å². The fourth-order valence-electron chi connectivity index (χ4n) is 2.76. The van der Waals surface area contributed by atoms with Crippen LogP contribution in [-0.2, 0) is 6.54 Å². The Morgan fingerprint density at radius 2 is 2.00 bits per heavy atom. The summed E-state index contributed by atoms with van der Waals surface area (Å²) in [7, 11) is 0. The van der Waals surface area contributed by atoms with Crippen molar-refractivity contribution in [2.45, 2.75) is 45.1 Å². The van der Waals surface area contributed by atoms with Crippen LogP contribution in [0.25, 0.3) is 0 Å². The maximum absolute atomic E-state index is 13.0. The molecule has 20 heavy (non-hydrogen) atoms. The zero-order chi connectivity index (χ0) is 14.2. The molecule has 1 fully saturated rings. The predicted molar refractivity (Wildman–Crippen MR) is 77.8 cm³/mol. The summed E-state index contributed by atoms with van der Waals surface area (Å²) in [5, 5.41) is 5.62. The van der Waals surface area contributed by atoms with E-state index in [0.29, 0.717) is 6.54 Å². The van der Waals surface area contributed by atoms with Gasteiger partial charge in [-0.15, -0.1) is 0 Å². The van der Waals surface area contributed by atoms with Crippen molar-refractivity contribution in [1.82, 2.24) is 10.6 Å². The second-order valence-electron chi connectivity index (χ2n) is 5.53. The lowest BCUT2D eigenvalue weighted by Gasteiger charge is -2.21. The Morgan fingerprint density at radius 1 is 1.20 bits per heavy atom. The van der Waals surface area contributed by atoms with Crippen LogP contribution in [0.2, 0.25) is 0 Å². The molecule has 1 aromatic carbocycles. The summed E-state index contributed by atoms with van der Waals surface area (Å²) >= 11 is 0. The van der Waals surface area contributed by atoms with Crippen molar-refractivity contribution in [3.8, 4) is 0 Å². The van der Waals surface area contributed by atoms with E-state index < -0.39 is 0 Å². The van der Waals surface area contributed by atoms with E-state index in [1.807, 2.05) is 0 Å². The van der Waals surface area contributed by atoms with E-state index in [0.717, 1.165) is 24.4 Å². The molecule has 2 amide bonds. The molecule has 0 aliphatic heterocycles. The number of carbonyl (C=O) groups is 1. The second kappa shape index (κ2) is 7.88. The molecule has 1 saturated carbocycles. The molecular weight excluding hydrogens is 255 g/mol. The van der Waals surface area contributed by atoms with Gasteiger partial charge in [0.25, 0.3) is 0 Å². The molecule has 1 aliphatic rings. The van der Waals surface area contributed by atoms with Gasteiger partial charge in [-0.25, -0.2) is 9.18 Å². The van der Waals surface area contributed by atoms with Crippen LogP contribution in [0.4, 0.5) is 9.18 Å². The largest absolute Gasteiger partial charge is 0.338 e. The third-order valence-electron chi connectivity index (χ3n) is 3.90. The van der Waals surface area contributed by atoms with Crippen molar-refractivity contribution in [3.63, 3.8) is 0 Å². The third kappa shape index (κ3) is 5.19. The number of amides is 2. The summed E-state index contributed by atoms with van der Waals surface area (Å²) in [5.41, 5.74) is 0.771. The van der Waals surface area contributed by atoms with E-state index in [-0.39, 0.29) is 11.8 Å². The monoisotopic (exact) mass is 278 g/mol. The first-order valence-corrected chi connectivity index (χ1v) is 7.50. The van der Waals surface area contributed by atoms with Crippen LogP contribution in [0, 0.1) is 11.7 Å². The Balaban J connectivity index is 1.60. The summed E-state index contributed by atoms with van der Waals surface area (Å²) in [6.45, 7) is 1.08. The van der Waals surface area contributed by atoms with Gasteiger partial charge < -0.3 is 10.6 Å². The van der Waals surface area contributed by atoms with Gasteiger partial charge in [-0.1, -0.05) is 44.2 Å². The number of urea groups is 1. The summed E-state index contributed by atoms with van der Waals surface area (Å²) in [4.78, 5) is 11.6. The fraction of sp³-hybridized carbons (Fsp3) is 0.562. The highest BCUT2D eigenvalue weighted by molar-refractivity contribution is 5.73. The molecule has 0 spiro atoms. The van der Waals surface area contributed by atoms with Crippen molar-refractivity contribution in [2.24, 2.45) is 5.92 Å². The van der Waals surface area contributed by atoms with E-state index in [9.17, 15) is 9.18 Å². The molecule has 110 valence electrons. The number of hydrogen-bond acceptors (Lipinski definition) is 1. The first-order valence-electron chi connectivity index (χ1n) is 7.50. The number of hydrogen-bond donors (Lipinski definition) is 2. The first-order chi connectivity index (χ1) is 9.74. The summed E-state index contributed by atoms with van der Waals surface area (Å²) in [5.74, 6) is 0.495. The average molecular weight is 278 g/mol. The van der Waals surface area contributed by atoms with Gasteiger partial charge >= 0.3 is 6.03 Å². The van der Waals surface area contributed by atoms with Gasteiger partial charge in [-0.05, 0) is 30.0 Å². The van der Waals surface area contributed by atoms with Gasteiger partial charge in [0.05, 0.1) is 0 Å². The molecule has 0 unspecified atom stereocenters. The molecule has 2 rings (SSSR count). The minimum atomic E-state index is -0.276. The number of benzene rings is 1. The molecule has 2 N–H and O–H groups in total. The lowest BCUT2D eigenvalue weighted by molar-refractivity contribution is 0.238. The molecule has 1 aromatic rings. The summed E-state index contributed by atoms with van der Waals surface area (Å²) in [6, 6.07) is 6.10. The second-order valence-corrected chi connectivity index (χ2v) is 5.53. The third-order valence-corrected chi connectivity index (χ3v) is 3.90. The van der Waals surface area contributed by atoms with Gasteiger partial charge in [-0.3, -0.25) is 0 Å². The van der Waals surface area contributed by atoms with Crippen LogP contribution in [0.1, 0.15) is 44.1 Å². The van der Waals surface area contributed by atoms with Gasteiger partial charge in [0.2, 0.25) is 0 Å². The lowest BCUT2D eigenvalue weighted by Crippen LogP contribution is -2.36. The molecule has 0 bridgehead atoms. The van der Waals surface area contributed by atoms with Crippen LogP contribution in [0.3, 0.4) is 0 Å². The Kier molecular flexibility index (Phi) is 5.84. The Hall–Kier alpha value is -1.58. The van der Waals surface area contributed by atoms with Crippen molar-refractivity contribution in [2.75, 3.05) is 6.54 Å². The van der Waals surface area contributed by atoms with Crippen molar-refractivity contribution >= 4 is 6.03 Å². The minimum Gasteiger partial charge on any atom is -0.338 e. The Labute approximate surface area is 120 Å². The molecule has 0 aromatic heterocycles. The van der Waals surface area contributed by atoms with E-state index >= 15 is 0 Å². The smallest absolute Gasteiger partial charge is 0.315 e. The predicted octanol–water partition coefficient (Wildman–Crippen LogP) is 3.60. The van der Waals surface area contributed by atoms with Gasteiger partial charge in [0, 0.05) is 13.1 Å². The van der Waals surface area contributed by atoms with Crippen molar-refractivity contribution in [1.29, 1.82) is 0 Å². The number of carbonyl (C=O) groups excluding carboxylic acids is 1. The molecule has 1 aliphatic carbocycles. The van der Waals surface area contributed by atoms with E-state index in [1.54, 1.807) is 12.1 Å². The molecule has 3 nitrogen and oxygen atoms in total. The molecule has 0 saturated heterocycles. The Bertz CT molecular complexity index is 430. The molecule has 4 heteroatoms. The SMILES string of the molecule is O=C(NCCC1CCCCC1)NCc1cccc(F)c1. The van der Waals surface area contributed by atoms with Crippen LogP contribution < -0.4 is 10.6 Å². The lowest BCUT2D eigenvalue weighted by atomic mass is 9.87.